The quantitative estimate of drug-likeness (QED) is 0.772. The molecule has 0 amide bonds. The van der Waals surface area contributed by atoms with Crippen molar-refractivity contribution in [3.05, 3.63) is 71.8 Å². The Morgan fingerprint density at radius 2 is 1.48 bits per heavy atom. The second-order valence-electron chi connectivity index (χ2n) is 5.91. The van der Waals surface area contributed by atoms with Gasteiger partial charge in [-0.05, 0) is 29.9 Å². The Hall–Kier alpha value is -1.60. The van der Waals surface area contributed by atoms with Crippen molar-refractivity contribution in [2.45, 2.75) is 45.1 Å². The van der Waals surface area contributed by atoms with Gasteiger partial charge in [0.1, 0.15) is 0 Å². The molecule has 0 aliphatic rings. The smallest absolute Gasteiger partial charge is 0.0614 e. The Morgan fingerprint density at radius 1 is 0.905 bits per heavy atom. The van der Waals surface area contributed by atoms with Crippen LogP contribution >= 0.6 is 0 Å². The Bertz CT molecular complexity index is 506. The zero-order chi connectivity index (χ0) is 15.1. The summed E-state index contributed by atoms with van der Waals surface area (Å²) in [4.78, 5) is 0. The first-order valence-electron chi connectivity index (χ1n) is 7.99. The molecule has 2 aromatic carbocycles. The molecule has 0 heterocycles. The van der Waals surface area contributed by atoms with Gasteiger partial charge in [0.15, 0.2) is 0 Å². The topological polar surface area (TPSA) is 20.2 Å². The Kier molecular flexibility index (Phi) is 6.01. The molecule has 112 valence electrons. The molecule has 0 radical (unpaired) electrons. The molecule has 1 nitrogen and oxygen atoms in total. The first kappa shape index (κ1) is 15.8. The lowest BCUT2D eigenvalue weighted by Gasteiger charge is -2.28. The molecule has 0 aromatic heterocycles. The molecular formula is C20H26O. The number of aryl methyl sites for hydroxylation is 1. The van der Waals surface area contributed by atoms with E-state index >= 15 is 0 Å². The maximum Gasteiger partial charge on any atom is 0.0614 e. The van der Waals surface area contributed by atoms with Crippen molar-refractivity contribution in [2.75, 3.05) is 0 Å². The predicted octanol–water partition coefficient (Wildman–Crippen LogP) is 4.81. The molecule has 0 aliphatic carbocycles. The van der Waals surface area contributed by atoms with Gasteiger partial charge in [0.25, 0.3) is 0 Å². The first-order chi connectivity index (χ1) is 10.2. The van der Waals surface area contributed by atoms with E-state index in [1.165, 1.54) is 11.1 Å². The van der Waals surface area contributed by atoms with Crippen LogP contribution in [0.2, 0.25) is 0 Å². The largest absolute Gasteiger partial charge is 0.392 e. The SMILES string of the molecule is CCC(C)C(c1ccccc1)C(O)CCc1ccccc1. The first-order valence-corrected chi connectivity index (χ1v) is 7.99. The van der Waals surface area contributed by atoms with Crippen LogP contribution in [0, 0.1) is 5.92 Å². The molecule has 1 heteroatoms. The molecule has 3 unspecified atom stereocenters. The van der Waals surface area contributed by atoms with Crippen LogP contribution in [0.3, 0.4) is 0 Å². The third-order valence-corrected chi connectivity index (χ3v) is 4.43. The molecule has 2 aromatic rings. The number of aliphatic hydroxyl groups is 1. The van der Waals surface area contributed by atoms with Crippen molar-refractivity contribution in [1.29, 1.82) is 0 Å². The summed E-state index contributed by atoms with van der Waals surface area (Å²) < 4.78 is 0. The molecule has 0 spiro atoms. The van der Waals surface area contributed by atoms with Crippen molar-refractivity contribution < 1.29 is 5.11 Å². The summed E-state index contributed by atoms with van der Waals surface area (Å²) >= 11 is 0. The standard InChI is InChI=1S/C20H26O/c1-3-16(2)20(18-12-8-5-9-13-18)19(21)15-14-17-10-6-4-7-11-17/h4-13,16,19-21H,3,14-15H2,1-2H3. The monoisotopic (exact) mass is 282 g/mol. The fraction of sp³-hybridized carbons (Fsp3) is 0.400. The van der Waals surface area contributed by atoms with Crippen LogP contribution in [-0.4, -0.2) is 11.2 Å². The number of benzene rings is 2. The molecule has 0 bridgehead atoms. The number of hydrogen-bond acceptors (Lipinski definition) is 1. The minimum absolute atomic E-state index is 0.222. The van der Waals surface area contributed by atoms with Crippen LogP contribution in [0.25, 0.3) is 0 Å². The summed E-state index contributed by atoms with van der Waals surface area (Å²) in [7, 11) is 0. The van der Waals surface area contributed by atoms with Crippen molar-refractivity contribution in [1.82, 2.24) is 0 Å². The summed E-state index contributed by atoms with van der Waals surface area (Å²) in [6, 6.07) is 20.9. The van der Waals surface area contributed by atoms with Gasteiger partial charge in [-0.1, -0.05) is 80.9 Å². The zero-order valence-corrected chi connectivity index (χ0v) is 13.1. The molecule has 0 saturated heterocycles. The number of rotatable bonds is 7. The fourth-order valence-corrected chi connectivity index (χ4v) is 3.00. The zero-order valence-electron chi connectivity index (χ0n) is 13.1. The molecule has 21 heavy (non-hydrogen) atoms. The van der Waals surface area contributed by atoms with Crippen LogP contribution in [-0.2, 0) is 6.42 Å². The summed E-state index contributed by atoms with van der Waals surface area (Å²) in [5.74, 6) is 0.707. The summed E-state index contributed by atoms with van der Waals surface area (Å²) in [5.41, 5.74) is 2.56. The third-order valence-electron chi connectivity index (χ3n) is 4.43. The van der Waals surface area contributed by atoms with E-state index in [0.717, 1.165) is 19.3 Å². The second-order valence-corrected chi connectivity index (χ2v) is 5.91. The van der Waals surface area contributed by atoms with E-state index in [9.17, 15) is 5.11 Å². The lowest BCUT2D eigenvalue weighted by atomic mass is 9.80. The molecule has 1 N–H and O–H groups in total. The van der Waals surface area contributed by atoms with Crippen molar-refractivity contribution in [2.24, 2.45) is 5.92 Å². The van der Waals surface area contributed by atoms with Gasteiger partial charge in [-0.15, -0.1) is 0 Å². The second kappa shape index (κ2) is 7.99. The van der Waals surface area contributed by atoms with E-state index < -0.39 is 0 Å². The molecule has 2 rings (SSSR count). The van der Waals surface area contributed by atoms with Gasteiger partial charge in [0.05, 0.1) is 6.10 Å². The highest BCUT2D eigenvalue weighted by Gasteiger charge is 2.25. The number of hydrogen-bond donors (Lipinski definition) is 1. The summed E-state index contributed by atoms with van der Waals surface area (Å²) in [6.07, 6.45) is 2.54. The van der Waals surface area contributed by atoms with E-state index in [-0.39, 0.29) is 12.0 Å². The fourth-order valence-electron chi connectivity index (χ4n) is 3.00. The lowest BCUT2D eigenvalue weighted by molar-refractivity contribution is 0.109. The highest BCUT2D eigenvalue weighted by Crippen LogP contribution is 2.32. The Labute approximate surface area is 128 Å². The maximum absolute atomic E-state index is 10.7. The Morgan fingerprint density at radius 3 is 2.05 bits per heavy atom. The molecule has 0 aliphatic heterocycles. The van der Waals surface area contributed by atoms with Crippen LogP contribution in [0.15, 0.2) is 60.7 Å². The third kappa shape index (κ3) is 4.44. The average Bonchev–Trinajstić information content (AvgIpc) is 2.55. The van der Waals surface area contributed by atoms with Gasteiger partial charge < -0.3 is 5.11 Å². The summed E-state index contributed by atoms with van der Waals surface area (Å²) in [6.45, 7) is 4.44. The van der Waals surface area contributed by atoms with Gasteiger partial charge in [-0.2, -0.15) is 0 Å². The lowest BCUT2D eigenvalue weighted by Crippen LogP contribution is -2.25. The van der Waals surface area contributed by atoms with Crippen LogP contribution < -0.4 is 0 Å². The van der Waals surface area contributed by atoms with E-state index in [4.69, 9.17) is 0 Å². The van der Waals surface area contributed by atoms with Crippen LogP contribution in [0.5, 0.6) is 0 Å². The van der Waals surface area contributed by atoms with Gasteiger partial charge in [-0.3, -0.25) is 0 Å². The highest BCUT2D eigenvalue weighted by atomic mass is 16.3. The van der Waals surface area contributed by atoms with Gasteiger partial charge in [0, 0.05) is 5.92 Å². The number of aliphatic hydroxyl groups excluding tert-OH is 1. The van der Waals surface area contributed by atoms with Crippen molar-refractivity contribution in [3.8, 4) is 0 Å². The molecule has 0 saturated carbocycles. The van der Waals surface area contributed by atoms with E-state index in [1.54, 1.807) is 0 Å². The van der Waals surface area contributed by atoms with E-state index in [2.05, 4.69) is 62.4 Å². The molecular weight excluding hydrogens is 256 g/mol. The van der Waals surface area contributed by atoms with Crippen molar-refractivity contribution >= 4 is 0 Å². The predicted molar refractivity (Wildman–Crippen MR) is 89.4 cm³/mol. The van der Waals surface area contributed by atoms with Crippen molar-refractivity contribution in [3.63, 3.8) is 0 Å². The Balaban J connectivity index is 2.06. The van der Waals surface area contributed by atoms with Crippen LogP contribution in [0.1, 0.15) is 43.7 Å². The van der Waals surface area contributed by atoms with Gasteiger partial charge in [0.2, 0.25) is 0 Å². The van der Waals surface area contributed by atoms with Crippen LogP contribution in [0.4, 0.5) is 0 Å². The normalized spacial score (nSPS) is 15.4. The van der Waals surface area contributed by atoms with Gasteiger partial charge >= 0.3 is 0 Å². The van der Waals surface area contributed by atoms with E-state index in [1.807, 2.05) is 12.1 Å². The summed E-state index contributed by atoms with van der Waals surface area (Å²) in [5, 5.41) is 10.7. The maximum atomic E-state index is 10.7. The minimum Gasteiger partial charge on any atom is -0.392 e. The van der Waals surface area contributed by atoms with E-state index in [0.29, 0.717) is 5.92 Å². The average molecular weight is 282 g/mol. The highest BCUT2D eigenvalue weighted by molar-refractivity contribution is 5.22. The molecule has 0 fully saturated rings. The van der Waals surface area contributed by atoms with Gasteiger partial charge in [-0.25, -0.2) is 0 Å². The molecule has 3 atom stereocenters. The minimum atomic E-state index is -0.289.